The summed E-state index contributed by atoms with van der Waals surface area (Å²) >= 11 is 1.87. The van der Waals surface area contributed by atoms with Crippen molar-refractivity contribution in [2.24, 2.45) is 5.92 Å². The minimum absolute atomic E-state index is 0.128. The molecule has 0 bridgehead atoms. The number of hydrogen-bond acceptors (Lipinski definition) is 7. The lowest BCUT2D eigenvalue weighted by Crippen LogP contribution is -2.38. The Bertz CT molecular complexity index is 665. The molecule has 6 nitrogen and oxygen atoms in total. The lowest BCUT2D eigenvalue weighted by Gasteiger charge is -2.30. The van der Waals surface area contributed by atoms with Crippen LogP contribution >= 0.6 is 22.7 Å². The Morgan fingerprint density at radius 1 is 1.35 bits per heavy atom. The van der Waals surface area contributed by atoms with Crippen LogP contribution in [0.15, 0.2) is 11.7 Å². The molecule has 11 heteroatoms. The van der Waals surface area contributed by atoms with Crippen LogP contribution in [-0.4, -0.2) is 34.2 Å². The van der Waals surface area contributed by atoms with E-state index in [-0.39, 0.29) is 11.8 Å². The molecule has 3 rings (SSSR count). The van der Waals surface area contributed by atoms with Crippen molar-refractivity contribution in [3.05, 3.63) is 16.6 Å². The van der Waals surface area contributed by atoms with Gasteiger partial charge in [0.25, 0.3) is 0 Å². The van der Waals surface area contributed by atoms with Gasteiger partial charge in [0, 0.05) is 19.0 Å². The summed E-state index contributed by atoms with van der Waals surface area (Å²) in [6, 6.07) is 0. The number of aromatic nitrogens is 3. The highest BCUT2D eigenvalue weighted by Crippen LogP contribution is 2.37. The molecule has 2 aromatic heterocycles. The third-order valence-electron chi connectivity index (χ3n) is 3.50. The zero-order chi connectivity index (χ0) is 16.4. The van der Waals surface area contributed by atoms with Crippen molar-refractivity contribution in [3.63, 3.8) is 0 Å². The van der Waals surface area contributed by atoms with E-state index in [2.05, 4.69) is 20.5 Å². The average Bonchev–Trinajstić information content (AvgIpc) is 3.18. The Balaban J connectivity index is 1.56. The topological polar surface area (TPSA) is 71.0 Å². The summed E-state index contributed by atoms with van der Waals surface area (Å²) in [5, 5.41) is 10.9. The van der Waals surface area contributed by atoms with Crippen LogP contribution < -0.4 is 10.2 Å². The number of alkyl halides is 3. The first-order valence-corrected chi connectivity index (χ1v) is 8.48. The van der Waals surface area contributed by atoms with Crippen molar-refractivity contribution < 1.29 is 18.0 Å². The Kier molecular flexibility index (Phi) is 4.48. The quantitative estimate of drug-likeness (QED) is 0.908. The molecule has 124 valence electrons. The van der Waals surface area contributed by atoms with Gasteiger partial charge in [-0.3, -0.25) is 4.79 Å². The van der Waals surface area contributed by atoms with Crippen molar-refractivity contribution in [1.29, 1.82) is 0 Å². The van der Waals surface area contributed by atoms with Crippen molar-refractivity contribution in [3.8, 4) is 0 Å². The van der Waals surface area contributed by atoms with Gasteiger partial charge in [-0.2, -0.15) is 13.2 Å². The van der Waals surface area contributed by atoms with Crippen LogP contribution in [0, 0.1) is 5.92 Å². The number of nitrogens with one attached hydrogen (secondary N) is 1. The molecule has 1 aliphatic heterocycles. The van der Waals surface area contributed by atoms with E-state index in [1.807, 2.05) is 0 Å². The predicted molar refractivity (Wildman–Crippen MR) is 80.6 cm³/mol. The van der Waals surface area contributed by atoms with E-state index >= 15 is 0 Å². The first kappa shape index (κ1) is 16.1. The van der Waals surface area contributed by atoms with Gasteiger partial charge in [-0.25, -0.2) is 4.98 Å². The fourth-order valence-corrected chi connectivity index (χ4v) is 3.59. The maximum atomic E-state index is 12.6. The Hall–Kier alpha value is -1.75. The molecule has 2 aromatic rings. The minimum Gasteiger partial charge on any atom is -0.348 e. The smallest absolute Gasteiger partial charge is 0.348 e. The largest absolute Gasteiger partial charge is 0.427 e. The highest BCUT2D eigenvalue weighted by Gasteiger charge is 2.34. The minimum atomic E-state index is -4.37. The molecule has 23 heavy (non-hydrogen) atoms. The van der Waals surface area contributed by atoms with Gasteiger partial charge in [-0.15, -0.1) is 10.2 Å². The van der Waals surface area contributed by atoms with Crippen LogP contribution in [0.25, 0.3) is 0 Å². The summed E-state index contributed by atoms with van der Waals surface area (Å²) in [4.78, 5) is 17.0. The molecule has 0 unspecified atom stereocenters. The van der Waals surface area contributed by atoms with Gasteiger partial charge in [0.1, 0.15) is 10.4 Å². The summed E-state index contributed by atoms with van der Waals surface area (Å²) in [7, 11) is 0. The van der Waals surface area contributed by atoms with E-state index in [0.29, 0.717) is 47.5 Å². The Morgan fingerprint density at radius 2 is 2.09 bits per heavy atom. The van der Waals surface area contributed by atoms with E-state index in [1.54, 1.807) is 4.90 Å². The number of carbonyl (C=O) groups is 1. The molecule has 0 spiro atoms. The molecule has 0 saturated carbocycles. The number of halogens is 3. The molecule has 1 saturated heterocycles. The zero-order valence-corrected chi connectivity index (χ0v) is 13.3. The number of anilines is 2. The second kappa shape index (κ2) is 6.40. The molecule has 3 heterocycles. The molecule has 1 N–H and O–H groups in total. The number of piperidine rings is 1. The number of thiazole rings is 1. The van der Waals surface area contributed by atoms with Crippen LogP contribution in [-0.2, 0) is 11.0 Å². The monoisotopic (exact) mass is 363 g/mol. The van der Waals surface area contributed by atoms with Crippen LogP contribution in [0.5, 0.6) is 0 Å². The van der Waals surface area contributed by atoms with Gasteiger partial charge in [-0.05, 0) is 12.8 Å². The lowest BCUT2D eigenvalue weighted by atomic mass is 9.96. The molecule has 1 amide bonds. The summed E-state index contributed by atoms with van der Waals surface area (Å²) in [5.41, 5.74) is 1.53. The Morgan fingerprint density at radius 3 is 2.65 bits per heavy atom. The van der Waals surface area contributed by atoms with Crippen molar-refractivity contribution in [2.45, 2.75) is 19.0 Å². The molecule has 0 atom stereocenters. The fraction of sp³-hybridized carbons (Fsp3) is 0.500. The first-order valence-electron chi connectivity index (χ1n) is 6.78. The highest BCUT2D eigenvalue weighted by molar-refractivity contribution is 7.15. The summed E-state index contributed by atoms with van der Waals surface area (Å²) in [6.45, 7) is 0.998. The maximum Gasteiger partial charge on any atom is 0.427 e. The van der Waals surface area contributed by atoms with Gasteiger partial charge in [0.15, 0.2) is 5.13 Å². The average molecular weight is 363 g/mol. The molecule has 0 aromatic carbocycles. The lowest BCUT2D eigenvalue weighted by molar-refractivity contribution is -0.134. The molecule has 0 radical (unpaired) electrons. The second-order valence-corrected chi connectivity index (χ2v) is 6.84. The van der Waals surface area contributed by atoms with Gasteiger partial charge in [-0.1, -0.05) is 22.7 Å². The zero-order valence-electron chi connectivity index (χ0n) is 11.7. The van der Waals surface area contributed by atoms with Gasteiger partial charge in [0.2, 0.25) is 11.0 Å². The van der Waals surface area contributed by atoms with Gasteiger partial charge >= 0.3 is 6.18 Å². The van der Waals surface area contributed by atoms with Crippen LogP contribution in [0.2, 0.25) is 0 Å². The van der Waals surface area contributed by atoms with E-state index in [0.717, 1.165) is 6.20 Å². The molecular formula is C12H12F3N5OS2. The van der Waals surface area contributed by atoms with E-state index < -0.39 is 11.1 Å². The maximum absolute atomic E-state index is 12.6. The van der Waals surface area contributed by atoms with Crippen LogP contribution in [0.3, 0.4) is 0 Å². The third-order valence-corrected chi connectivity index (χ3v) is 5.21. The summed E-state index contributed by atoms with van der Waals surface area (Å²) in [5.74, 6) is -0.311. The highest BCUT2D eigenvalue weighted by atomic mass is 32.1. The summed E-state index contributed by atoms with van der Waals surface area (Å²) < 4.78 is 37.8. The van der Waals surface area contributed by atoms with Crippen molar-refractivity contribution >= 4 is 38.8 Å². The normalized spacial score (nSPS) is 16.6. The van der Waals surface area contributed by atoms with Crippen LogP contribution in [0.1, 0.15) is 17.7 Å². The molecule has 1 aliphatic rings. The molecule has 1 fully saturated rings. The van der Waals surface area contributed by atoms with Crippen LogP contribution in [0.4, 0.5) is 23.4 Å². The third kappa shape index (κ3) is 3.78. The number of rotatable bonds is 3. The number of amides is 1. The van der Waals surface area contributed by atoms with Crippen molar-refractivity contribution in [1.82, 2.24) is 15.2 Å². The van der Waals surface area contributed by atoms with Gasteiger partial charge in [0.05, 0.1) is 6.20 Å². The SMILES string of the molecule is O=C(Nc1nncs1)C1CCN(c2ncc(C(F)(F)F)s2)CC1. The van der Waals surface area contributed by atoms with Crippen molar-refractivity contribution in [2.75, 3.05) is 23.3 Å². The first-order chi connectivity index (χ1) is 10.9. The van der Waals surface area contributed by atoms with E-state index in [1.165, 1.54) is 16.8 Å². The van der Waals surface area contributed by atoms with Gasteiger partial charge < -0.3 is 10.2 Å². The summed E-state index contributed by atoms with van der Waals surface area (Å²) in [6.07, 6.45) is -2.39. The number of carbonyl (C=O) groups excluding carboxylic acids is 1. The predicted octanol–water partition coefficient (Wildman–Crippen LogP) is 2.87. The van der Waals surface area contributed by atoms with E-state index in [9.17, 15) is 18.0 Å². The fourth-order valence-electron chi connectivity index (χ4n) is 2.31. The second-order valence-electron chi connectivity index (χ2n) is 5.00. The number of nitrogens with zero attached hydrogens (tertiary/aromatic N) is 4. The van der Waals surface area contributed by atoms with E-state index in [4.69, 9.17) is 0 Å². The standard InChI is InChI=1S/C12H12F3N5OS2/c13-12(14,15)8-5-16-11(23-8)20-3-1-7(2-4-20)9(21)18-10-19-17-6-22-10/h5-7H,1-4H2,(H,18,19,21). The Labute approximate surface area is 137 Å². The molecular weight excluding hydrogens is 351 g/mol. The molecule has 0 aliphatic carbocycles. The number of hydrogen-bond donors (Lipinski definition) is 1.